The third-order valence-corrected chi connectivity index (χ3v) is 3.44. The number of benzene rings is 1. The van der Waals surface area contributed by atoms with E-state index in [1.54, 1.807) is 19.3 Å². The number of nitrogens with one attached hydrogen (secondary N) is 1. The summed E-state index contributed by atoms with van der Waals surface area (Å²) in [7, 11) is 1.65. The lowest BCUT2D eigenvalue weighted by Gasteiger charge is -2.17. The molecule has 0 spiro atoms. The maximum absolute atomic E-state index is 12.0. The maximum atomic E-state index is 12.0. The topological polar surface area (TPSA) is 62.3 Å². The van der Waals surface area contributed by atoms with Crippen LogP contribution in [0.25, 0.3) is 10.9 Å². The summed E-state index contributed by atoms with van der Waals surface area (Å²) in [5.74, 6) is -0.646. The van der Waals surface area contributed by atoms with Gasteiger partial charge in [-0.25, -0.2) is 0 Å². The molecule has 1 N–H and O–H groups in total. The van der Waals surface area contributed by atoms with Crippen LogP contribution in [0.1, 0.15) is 20.3 Å². The van der Waals surface area contributed by atoms with Crippen LogP contribution in [-0.2, 0) is 9.59 Å². The van der Waals surface area contributed by atoms with Gasteiger partial charge in [0.05, 0.1) is 5.52 Å². The average Bonchev–Trinajstić information content (AvgIpc) is 2.51. The molecule has 2 amide bonds. The Morgan fingerprint density at radius 2 is 2.05 bits per heavy atom. The van der Waals surface area contributed by atoms with Gasteiger partial charge in [0.15, 0.2) is 0 Å². The van der Waals surface area contributed by atoms with Gasteiger partial charge in [0.2, 0.25) is 0 Å². The molecule has 22 heavy (non-hydrogen) atoms. The van der Waals surface area contributed by atoms with Crippen molar-refractivity contribution in [2.45, 2.75) is 20.3 Å². The summed E-state index contributed by atoms with van der Waals surface area (Å²) >= 11 is 0. The van der Waals surface area contributed by atoms with Crippen LogP contribution in [0.15, 0.2) is 36.5 Å². The number of likely N-dealkylation sites (N-methyl/N-ethyl adjacent to an activating group) is 1. The van der Waals surface area contributed by atoms with Crippen molar-refractivity contribution in [3.05, 3.63) is 36.5 Å². The molecular formula is C17H21N3O2. The molecule has 0 aliphatic heterocycles. The van der Waals surface area contributed by atoms with Gasteiger partial charge in [-0.05, 0) is 36.6 Å². The van der Waals surface area contributed by atoms with E-state index in [0.717, 1.165) is 17.3 Å². The van der Waals surface area contributed by atoms with E-state index < -0.39 is 11.8 Å². The summed E-state index contributed by atoms with van der Waals surface area (Å²) in [4.78, 5) is 29.7. The first-order valence-electron chi connectivity index (χ1n) is 7.38. The average molecular weight is 299 g/mol. The Labute approximate surface area is 130 Å². The SMILES string of the molecule is CC(C)CCN(C)C(=O)C(=O)Nc1ccc2ncccc2c1. The zero-order valence-electron chi connectivity index (χ0n) is 13.2. The third kappa shape index (κ3) is 4.04. The molecule has 5 nitrogen and oxygen atoms in total. The minimum Gasteiger partial charge on any atom is -0.337 e. The van der Waals surface area contributed by atoms with Crippen molar-refractivity contribution in [3.63, 3.8) is 0 Å². The number of hydrogen-bond acceptors (Lipinski definition) is 3. The molecule has 0 atom stereocenters. The third-order valence-electron chi connectivity index (χ3n) is 3.44. The zero-order chi connectivity index (χ0) is 16.1. The van der Waals surface area contributed by atoms with Crippen molar-refractivity contribution < 1.29 is 9.59 Å². The molecular weight excluding hydrogens is 278 g/mol. The van der Waals surface area contributed by atoms with Crippen molar-refractivity contribution in [2.75, 3.05) is 18.9 Å². The number of aromatic nitrogens is 1. The normalized spacial score (nSPS) is 10.7. The van der Waals surface area contributed by atoms with E-state index in [-0.39, 0.29) is 0 Å². The second-order valence-corrected chi connectivity index (χ2v) is 5.77. The Bertz CT molecular complexity index is 682. The van der Waals surface area contributed by atoms with E-state index in [9.17, 15) is 9.59 Å². The molecule has 0 saturated heterocycles. The van der Waals surface area contributed by atoms with Crippen LogP contribution in [0.4, 0.5) is 5.69 Å². The predicted octanol–water partition coefficient (Wildman–Crippen LogP) is 2.68. The zero-order valence-corrected chi connectivity index (χ0v) is 13.2. The van der Waals surface area contributed by atoms with E-state index in [1.165, 1.54) is 4.90 Å². The minimum atomic E-state index is -0.616. The van der Waals surface area contributed by atoms with Crippen LogP contribution in [0.5, 0.6) is 0 Å². The molecule has 1 aromatic carbocycles. The largest absolute Gasteiger partial charge is 0.337 e. The van der Waals surface area contributed by atoms with Gasteiger partial charge in [-0.15, -0.1) is 0 Å². The van der Waals surface area contributed by atoms with E-state index >= 15 is 0 Å². The Morgan fingerprint density at radius 3 is 2.77 bits per heavy atom. The van der Waals surface area contributed by atoms with Crippen LogP contribution >= 0.6 is 0 Å². The number of nitrogens with zero attached hydrogens (tertiary/aromatic N) is 2. The summed E-state index contributed by atoms with van der Waals surface area (Å²) in [6, 6.07) is 9.11. The van der Waals surface area contributed by atoms with E-state index in [4.69, 9.17) is 0 Å². The first kappa shape index (κ1) is 15.9. The fourth-order valence-corrected chi connectivity index (χ4v) is 2.06. The molecule has 116 valence electrons. The Kier molecular flexibility index (Phi) is 5.09. The summed E-state index contributed by atoms with van der Waals surface area (Å²) in [6.07, 6.45) is 2.59. The fraction of sp³-hybridized carbons (Fsp3) is 0.353. The number of anilines is 1. The molecule has 0 radical (unpaired) electrons. The number of fused-ring (bicyclic) bond motifs is 1. The predicted molar refractivity (Wildman–Crippen MR) is 87.5 cm³/mol. The lowest BCUT2D eigenvalue weighted by Crippen LogP contribution is -2.37. The number of hydrogen-bond donors (Lipinski definition) is 1. The highest BCUT2D eigenvalue weighted by molar-refractivity contribution is 6.39. The van der Waals surface area contributed by atoms with Crippen LogP contribution in [0.2, 0.25) is 0 Å². The summed E-state index contributed by atoms with van der Waals surface area (Å²) in [5, 5.41) is 3.56. The van der Waals surface area contributed by atoms with Gasteiger partial charge in [0, 0.05) is 30.9 Å². The molecule has 1 aromatic heterocycles. The van der Waals surface area contributed by atoms with Crippen LogP contribution in [0, 0.1) is 5.92 Å². The Morgan fingerprint density at radius 1 is 1.27 bits per heavy atom. The molecule has 0 saturated carbocycles. The lowest BCUT2D eigenvalue weighted by atomic mass is 10.1. The standard InChI is InChI=1S/C17H21N3O2/c1-12(2)8-10-20(3)17(22)16(21)19-14-6-7-15-13(11-14)5-4-9-18-15/h4-7,9,11-12H,8,10H2,1-3H3,(H,19,21). The van der Waals surface area contributed by atoms with E-state index in [0.29, 0.717) is 18.2 Å². The van der Waals surface area contributed by atoms with Gasteiger partial charge in [-0.2, -0.15) is 0 Å². The van der Waals surface area contributed by atoms with E-state index in [1.807, 2.05) is 24.3 Å². The molecule has 0 aliphatic rings. The molecule has 0 fully saturated rings. The van der Waals surface area contributed by atoms with Crippen molar-refractivity contribution in [1.82, 2.24) is 9.88 Å². The number of carbonyl (C=O) groups is 2. The molecule has 2 aromatic rings. The molecule has 0 bridgehead atoms. The van der Waals surface area contributed by atoms with Crippen molar-refractivity contribution in [3.8, 4) is 0 Å². The Balaban J connectivity index is 2.01. The van der Waals surface area contributed by atoms with Gasteiger partial charge in [0.25, 0.3) is 0 Å². The summed E-state index contributed by atoms with van der Waals surface area (Å²) in [5.41, 5.74) is 1.44. The quantitative estimate of drug-likeness (QED) is 0.883. The first-order chi connectivity index (χ1) is 10.5. The maximum Gasteiger partial charge on any atom is 0.313 e. The Hall–Kier alpha value is -2.43. The second kappa shape index (κ2) is 7.02. The van der Waals surface area contributed by atoms with Crippen LogP contribution < -0.4 is 5.32 Å². The highest BCUT2D eigenvalue weighted by Crippen LogP contribution is 2.17. The monoisotopic (exact) mass is 299 g/mol. The van der Waals surface area contributed by atoms with Crippen molar-refractivity contribution in [1.29, 1.82) is 0 Å². The first-order valence-corrected chi connectivity index (χ1v) is 7.38. The molecule has 2 rings (SSSR count). The van der Waals surface area contributed by atoms with Crippen molar-refractivity contribution in [2.24, 2.45) is 5.92 Å². The smallest absolute Gasteiger partial charge is 0.313 e. The van der Waals surface area contributed by atoms with Gasteiger partial charge < -0.3 is 10.2 Å². The van der Waals surface area contributed by atoms with Crippen LogP contribution in [0.3, 0.4) is 0 Å². The van der Waals surface area contributed by atoms with Crippen molar-refractivity contribution >= 4 is 28.4 Å². The molecule has 0 aliphatic carbocycles. The van der Waals surface area contributed by atoms with E-state index in [2.05, 4.69) is 24.1 Å². The summed E-state index contributed by atoms with van der Waals surface area (Å²) in [6.45, 7) is 4.74. The lowest BCUT2D eigenvalue weighted by molar-refractivity contribution is -0.142. The molecule has 1 heterocycles. The molecule has 5 heteroatoms. The number of rotatable bonds is 4. The number of carbonyl (C=O) groups excluding carboxylic acids is 2. The van der Waals surface area contributed by atoms with Crippen LogP contribution in [-0.4, -0.2) is 35.3 Å². The number of amides is 2. The second-order valence-electron chi connectivity index (χ2n) is 5.77. The van der Waals surface area contributed by atoms with Gasteiger partial charge >= 0.3 is 11.8 Å². The highest BCUT2D eigenvalue weighted by atomic mass is 16.2. The van der Waals surface area contributed by atoms with Gasteiger partial charge in [-0.3, -0.25) is 14.6 Å². The fourth-order valence-electron chi connectivity index (χ4n) is 2.06. The highest BCUT2D eigenvalue weighted by Gasteiger charge is 2.18. The van der Waals surface area contributed by atoms with Gasteiger partial charge in [-0.1, -0.05) is 19.9 Å². The summed E-state index contributed by atoms with van der Waals surface area (Å²) < 4.78 is 0. The minimum absolute atomic E-state index is 0.492. The number of pyridine rings is 1. The molecule has 0 unspecified atom stereocenters. The van der Waals surface area contributed by atoms with Gasteiger partial charge in [0.1, 0.15) is 0 Å².